The lowest BCUT2D eigenvalue weighted by Crippen LogP contribution is -2.50. The number of carbonyl (C=O) groups excluding carboxylic acids is 1. The van der Waals surface area contributed by atoms with Crippen LogP contribution in [0.15, 0.2) is 95.9 Å². The van der Waals surface area contributed by atoms with E-state index in [0.29, 0.717) is 33.4 Å². The third-order valence-corrected chi connectivity index (χ3v) is 10.0. The second kappa shape index (κ2) is 16.8. The van der Waals surface area contributed by atoms with Crippen molar-refractivity contribution in [2.45, 2.75) is 50.4 Å². The summed E-state index contributed by atoms with van der Waals surface area (Å²) in [5.74, 6) is -4.12. The molecule has 280 valence electrons. The molecule has 4 aromatic rings. The van der Waals surface area contributed by atoms with E-state index in [4.69, 9.17) is 12.3 Å². The van der Waals surface area contributed by atoms with Crippen molar-refractivity contribution in [1.82, 2.24) is 9.80 Å². The molecule has 0 aromatic heterocycles. The van der Waals surface area contributed by atoms with Gasteiger partial charge in [0, 0.05) is 61.8 Å². The summed E-state index contributed by atoms with van der Waals surface area (Å²) in [6.07, 6.45) is -6.30. The topological polar surface area (TPSA) is 56.3 Å². The fourth-order valence-corrected chi connectivity index (χ4v) is 7.13. The van der Waals surface area contributed by atoms with E-state index in [9.17, 15) is 29.8 Å². The predicted molar refractivity (Wildman–Crippen MR) is 198 cm³/mol. The molecule has 2 heterocycles. The lowest BCUT2D eigenvalue weighted by atomic mass is 9.99. The van der Waals surface area contributed by atoms with E-state index in [1.54, 1.807) is 29.2 Å². The van der Waals surface area contributed by atoms with Gasteiger partial charge in [-0.25, -0.2) is 8.78 Å². The highest BCUT2D eigenvalue weighted by molar-refractivity contribution is 8.02. The van der Waals surface area contributed by atoms with Crippen molar-refractivity contribution in [3.05, 3.63) is 135 Å². The largest absolute Gasteiger partial charge is 0.416 e. The number of nitrogens with zero attached hydrogens (tertiary/aromatic N) is 3. The molecular weight excluding hydrogens is 710 g/mol. The van der Waals surface area contributed by atoms with E-state index in [0.717, 1.165) is 18.2 Å². The number of likely N-dealkylation sites (tertiary alicyclic amines) is 1. The molecule has 0 radical (unpaired) electrons. The Morgan fingerprint density at radius 1 is 1.06 bits per heavy atom. The molecule has 1 unspecified atom stereocenters. The highest BCUT2D eigenvalue weighted by Crippen LogP contribution is 2.41. The standard InChI is InChI=1S/C41H42F5N3O3S/c1-27-6-15-36-34(22-27)37(50)23-39(53-26-31-4-3-5-35(42)40(31)43)49(36)25-38(51)48(33-16-18-47(19-17-33)20-21-52-2)24-28-7-9-29(10-8-28)30-11-13-32(14-12-30)41(44,45)46/h3-15,22-23,33,37,50H,16-21,24-26H2,1-2H3/i2D3,6D,15D,21D2,22D,23D,25D2. The van der Waals surface area contributed by atoms with Crippen molar-refractivity contribution in [2.24, 2.45) is 0 Å². The number of benzene rings is 4. The molecular formula is C41H42F5N3O3S. The predicted octanol–water partition coefficient (Wildman–Crippen LogP) is 8.73. The number of alkyl halides is 3. The van der Waals surface area contributed by atoms with Crippen molar-refractivity contribution in [3.8, 4) is 11.1 Å². The lowest BCUT2D eigenvalue weighted by molar-refractivity contribution is -0.137. The molecule has 12 heteroatoms. The van der Waals surface area contributed by atoms with Gasteiger partial charge in [0.2, 0.25) is 5.91 Å². The van der Waals surface area contributed by atoms with Crippen LogP contribution in [0.1, 0.15) is 61.8 Å². The lowest BCUT2D eigenvalue weighted by Gasteiger charge is -2.40. The number of aliphatic hydroxyl groups is 1. The van der Waals surface area contributed by atoms with Gasteiger partial charge < -0.3 is 24.5 Å². The number of amides is 1. The van der Waals surface area contributed by atoms with Crippen LogP contribution < -0.4 is 4.90 Å². The van der Waals surface area contributed by atoms with Crippen LogP contribution in [0, 0.1) is 18.6 Å². The third kappa shape index (κ3) is 9.29. The monoisotopic (exact) mass is 762 g/mol. The van der Waals surface area contributed by atoms with Gasteiger partial charge in [-0.05, 0) is 66.7 Å². The highest BCUT2D eigenvalue weighted by atomic mass is 32.2. The summed E-state index contributed by atoms with van der Waals surface area (Å²) in [5.41, 5.74) is -0.685. The van der Waals surface area contributed by atoms with Crippen LogP contribution in [0.25, 0.3) is 11.1 Å². The van der Waals surface area contributed by atoms with Crippen molar-refractivity contribution in [3.63, 3.8) is 0 Å². The molecule has 6 nitrogen and oxygen atoms in total. The Morgan fingerprint density at radius 2 is 1.75 bits per heavy atom. The number of methoxy groups -OCH3 is 1. The van der Waals surface area contributed by atoms with E-state index in [1.165, 1.54) is 36.1 Å². The number of halogens is 5. The Labute approximate surface area is 326 Å². The Hall–Kier alpha value is -4.23. The normalized spacial score (nSPS) is 20.7. The molecule has 0 saturated carbocycles. The first-order chi connectivity index (χ1) is 29.7. The minimum atomic E-state index is -4.54. The van der Waals surface area contributed by atoms with E-state index in [-0.39, 0.29) is 43.6 Å². The third-order valence-electron chi connectivity index (χ3n) is 8.98. The second-order valence-electron chi connectivity index (χ2n) is 12.5. The summed E-state index contributed by atoms with van der Waals surface area (Å²) in [6.45, 7) is -5.11. The average Bonchev–Trinajstić information content (AvgIpc) is 3.22. The number of piperidine rings is 1. The summed E-state index contributed by atoms with van der Waals surface area (Å²) in [4.78, 5) is 18.6. The van der Waals surface area contributed by atoms with E-state index < -0.39 is 114 Å². The van der Waals surface area contributed by atoms with Gasteiger partial charge >= 0.3 is 6.18 Å². The molecule has 6 rings (SSSR count). The number of aliphatic hydroxyl groups excluding tert-OH is 1. The van der Waals surface area contributed by atoms with Crippen LogP contribution in [0.4, 0.5) is 27.6 Å². The van der Waals surface area contributed by atoms with Crippen molar-refractivity contribution in [2.75, 3.05) is 44.6 Å². The molecule has 1 amide bonds. The average molecular weight is 763 g/mol. The van der Waals surface area contributed by atoms with E-state index in [1.807, 2.05) is 0 Å². The van der Waals surface area contributed by atoms with Crippen LogP contribution >= 0.6 is 11.8 Å². The van der Waals surface area contributed by atoms with Crippen molar-refractivity contribution >= 4 is 23.4 Å². The number of anilines is 1. The number of fused-ring (bicyclic) bond motifs is 1. The molecule has 1 saturated heterocycles. The molecule has 0 bridgehead atoms. The minimum absolute atomic E-state index is 0.0675. The number of rotatable bonds is 12. The first-order valence-corrected chi connectivity index (χ1v) is 17.6. The van der Waals surface area contributed by atoms with Gasteiger partial charge in [0.05, 0.1) is 32.2 Å². The van der Waals surface area contributed by atoms with Crippen LogP contribution in [-0.4, -0.2) is 66.6 Å². The number of hydrogen-bond donors (Lipinski definition) is 1. The Kier molecular flexibility index (Phi) is 8.43. The van der Waals surface area contributed by atoms with Crippen LogP contribution in [0.2, 0.25) is 0 Å². The summed E-state index contributed by atoms with van der Waals surface area (Å²) < 4.78 is 166. The molecule has 1 atom stereocenters. The first kappa shape index (κ1) is 26.5. The summed E-state index contributed by atoms with van der Waals surface area (Å²) in [5, 5.41) is 11.0. The quantitative estimate of drug-likeness (QED) is 0.146. The summed E-state index contributed by atoms with van der Waals surface area (Å²) >= 11 is 0.566. The Morgan fingerprint density at radius 3 is 2.43 bits per heavy atom. The van der Waals surface area contributed by atoms with Crippen molar-refractivity contribution in [1.29, 1.82) is 0 Å². The van der Waals surface area contributed by atoms with Gasteiger partial charge in [-0.15, -0.1) is 11.8 Å². The maximum atomic E-state index is 15.1. The number of thioether (sulfide) groups is 1. The fraction of sp³-hybridized carbons (Fsp3) is 0.341. The number of carbonyl (C=O) groups is 1. The Bertz CT molecular complexity index is 2420. The molecule has 1 fully saturated rings. The number of ether oxygens (including phenoxy) is 1. The molecule has 0 aliphatic carbocycles. The second-order valence-corrected chi connectivity index (χ2v) is 13.5. The van der Waals surface area contributed by atoms with Crippen LogP contribution in [-0.2, 0) is 28.0 Å². The van der Waals surface area contributed by atoms with Crippen LogP contribution in [0.5, 0.6) is 0 Å². The highest BCUT2D eigenvalue weighted by Gasteiger charge is 2.33. The summed E-state index contributed by atoms with van der Waals surface area (Å²) in [7, 11) is -3.03. The molecule has 0 spiro atoms. The SMILES string of the molecule is [2H]C1=C(SCc2cccc(F)c2F)N(C([2H])([2H])C(=O)N(Cc2ccc(-c3ccc(C(F)(F)F)cc3)cc2)C2CCN(CC([2H])([2H])OC([2H])([2H])[2H])CC2)c2c([2H])c([2H])c(C)c([2H])c2C1O. The minimum Gasteiger partial charge on any atom is -0.384 e. The van der Waals surface area contributed by atoms with Gasteiger partial charge in [0.1, 0.15) is 12.6 Å². The zero-order valence-corrected chi connectivity index (χ0v) is 29.2. The van der Waals surface area contributed by atoms with Crippen LogP contribution in [0.3, 0.4) is 0 Å². The van der Waals surface area contributed by atoms with Gasteiger partial charge in [-0.1, -0.05) is 66.2 Å². The van der Waals surface area contributed by atoms with Gasteiger partial charge in [0.25, 0.3) is 0 Å². The fourth-order valence-electron chi connectivity index (χ4n) is 6.15. The van der Waals surface area contributed by atoms with E-state index in [2.05, 4.69) is 4.74 Å². The first-order valence-electron chi connectivity index (χ1n) is 22.1. The molecule has 1 N–H and O–H groups in total. The molecule has 53 heavy (non-hydrogen) atoms. The van der Waals surface area contributed by atoms with Crippen molar-refractivity contribution < 1.29 is 51.7 Å². The molecule has 2 aliphatic heterocycles. The molecule has 2 aliphatic rings. The zero-order chi connectivity index (χ0) is 47.3. The zero-order valence-electron chi connectivity index (χ0n) is 39.4. The van der Waals surface area contributed by atoms with Gasteiger partial charge in [-0.3, -0.25) is 4.79 Å². The maximum absolute atomic E-state index is 15.1. The maximum Gasteiger partial charge on any atom is 0.416 e. The summed E-state index contributed by atoms with van der Waals surface area (Å²) in [6, 6.07) is 11.0. The van der Waals surface area contributed by atoms with Gasteiger partial charge in [-0.2, -0.15) is 13.2 Å². The smallest absolute Gasteiger partial charge is 0.384 e. The van der Waals surface area contributed by atoms with Gasteiger partial charge in [0.15, 0.2) is 11.6 Å². The Balaban J connectivity index is 1.40. The number of hydrogen-bond acceptors (Lipinski definition) is 6. The molecule has 4 aromatic carbocycles. The van der Waals surface area contributed by atoms with E-state index >= 15 is 4.79 Å².